The molecule has 0 atom stereocenters. The van der Waals surface area contributed by atoms with Crippen LogP contribution in [0.3, 0.4) is 0 Å². The average molecular weight is 269 g/mol. The highest BCUT2D eigenvalue weighted by Gasteiger charge is 2.12. The molecule has 1 aromatic rings. The third-order valence-corrected chi connectivity index (χ3v) is 4.27. The topological polar surface area (TPSA) is 28.2 Å². The number of nitrogens with one attached hydrogen (secondary N) is 1. The minimum Gasteiger partial charge on any atom is -0.351 e. The van der Waals surface area contributed by atoms with E-state index in [4.69, 9.17) is 4.98 Å². The third-order valence-electron chi connectivity index (χ3n) is 3.06. The van der Waals surface area contributed by atoms with Crippen LogP contribution < -0.4 is 10.2 Å². The first-order valence-corrected chi connectivity index (χ1v) is 7.94. The minimum absolute atomic E-state index is 0.958. The van der Waals surface area contributed by atoms with Crippen molar-refractivity contribution in [3.8, 4) is 0 Å². The highest BCUT2D eigenvalue weighted by Crippen LogP contribution is 2.26. The van der Waals surface area contributed by atoms with Crippen LogP contribution in [0.5, 0.6) is 0 Å². The van der Waals surface area contributed by atoms with Gasteiger partial charge in [-0.3, -0.25) is 0 Å². The largest absolute Gasteiger partial charge is 0.351 e. The highest BCUT2D eigenvalue weighted by atomic mass is 32.1. The van der Waals surface area contributed by atoms with Crippen LogP contribution in [0.2, 0.25) is 0 Å². The molecule has 0 saturated carbocycles. The van der Waals surface area contributed by atoms with Crippen LogP contribution in [0.1, 0.15) is 50.6 Å². The minimum atomic E-state index is 0.958. The summed E-state index contributed by atoms with van der Waals surface area (Å²) in [7, 11) is 2.16. The molecule has 18 heavy (non-hydrogen) atoms. The second kappa shape index (κ2) is 8.48. The molecule has 0 bridgehead atoms. The van der Waals surface area contributed by atoms with Crippen LogP contribution in [0.15, 0.2) is 0 Å². The lowest BCUT2D eigenvalue weighted by Crippen LogP contribution is -2.18. The van der Waals surface area contributed by atoms with E-state index < -0.39 is 0 Å². The molecule has 1 heterocycles. The molecule has 0 fully saturated rings. The summed E-state index contributed by atoms with van der Waals surface area (Å²) in [6.45, 7) is 9.66. The molecule has 4 heteroatoms. The SMILES string of the molecule is CCCCCN(C)c1nc(CC)c(CNCC)s1. The summed E-state index contributed by atoms with van der Waals surface area (Å²) in [4.78, 5) is 8.46. The molecule has 0 aliphatic heterocycles. The first-order valence-electron chi connectivity index (χ1n) is 7.13. The van der Waals surface area contributed by atoms with Crippen molar-refractivity contribution in [2.45, 2.75) is 53.0 Å². The van der Waals surface area contributed by atoms with Gasteiger partial charge in [0.25, 0.3) is 0 Å². The van der Waals surface area contributed by atoms with Gasteiger partial charge in [0.05, 0.1) is 5.69 Å². The maximum absolute atomic E-state index is 4.76. The van der Waals surface area contributed by atoms with Crippen molar-refractivity contribution < 1.29 is 0 Å². The van der Waals surface area contributed by atoms with E-state index in [0.717, 1.165) is 26.1 Å². The van der Waals surface area contributed by atoms with E-state index in [2.05, 4.69) is 38.0 Å². The number of anilines is 1. The molecule has 0 radical (unpaired) electrons. The Morgan fingerprint density at radius 3 is 2.61 bits per heavy atom. The van der Waals surface area contributed by atoms with E-state index in [1.54, 1.807) is 0 Å². The van der Waals surface area contributed by atoms with E-state index in [1.165, 1.54) is 35.0 Å². The number of hydrogen-bond acceptors (Lipinski definition) is 4. The average Bonchev–Trinajstić information content (AvgIpc) is 2.79. The van der Waals surface area contributed by atoms with Gasteiger partial charge in [0.15, 0.2) is 5.13 Å². The fraction of sp³-hybridized carbons (Fsp3) is 0.786. The van der Waals surface area contributed by atoms with E-state index in [9.17, 15) is 0 Å². The second-order valence-corrected chi connectivity index (χ2v) is 5.69. The molecule has 3 nitrogen and oxygen atoms in total. The van der Waals surface area contributed by atoms with Crippen LogP contribution in [0, 0.1) is 0 Å². The quantitative estimate of drug-likeness (QED) is 0.696. The third kappa shape index (κ3) is 4.58. The van der Waals surface area contributed by atoms with Gasteiger partial charge in [-0.25, -0.2) is 4.98 Å². The predicted octanol–water partition coefficient (Wildman–Crippen LogP) is 3.44. The van der Waals surface area contributed by atoms with Gasteiger partial charge in [0.1, 0.15) is 0 Å². The Kier molecular flexibility index (Phi) is 7.28. The summed E-state index contributed by atoms with van der Waals surface area (Å²) in [5.74, 6) is 0. The standard InChI is InChI=1S/C14H27N3S/c1-5-8-9-10-17(4)14-16-12(6-2)13(18-14)11-15-7-3/h15H,5-11H2,1-4H3. The van der Waals surface area contributed by atoms with E-state index in [0.29, 0.717) is 0 Å². The van der Waals surface area contributed by atoms with Crippen molar-refractivity contribution >= 4 is 16.5 Å². The predicted molar refractivity (Wildman–Crippen MR) is 81.7 cm³/mol. The molecule has 0 amide bonds. The lowest BCUT2D eigenvalue weighted by atomic mass is 10.2. The zero-order valence-electron chi connectivity index (χ0n) is 12.3. The van der Waals surface area contributed by atoms with Crippen molar-refractivity contribution in [3.05, 3.63) is 10.6 Å². The Morgan fingerprint density at radius 1 is 1.22 bits per heavy atom. The lowest BCUT2D eigenvalue weighted by Gasteiger charge is -2.14. The number of rotatable bonds is 9. The molecular weight excluding hydrogens is 242 g/mol. The van der Waals surface area contributed by atoms with E-state index in [1.807, 2.05) is 11.3 Å². The number of aromatic nitrogens is 1. The molecule has 0 unspecified atom stereocenters. The van der Waals surface area contributed by atoms with Crippen LogP contribution in [-0.2, 0) is 13.0 Å². The summed E-state index contributed by atoms with van der Waals surface area (Å²) in [5.41, 5.74) is 1.26. The van der Waals surface area contributed by atoms with Gasteiger partial charge in [-0.1, -0.05) is 33.6 Å². The van der Waals surface area contributed by atoms with Crippen molar-refractivity contribution in [3.63, 3.8) is 0 Å². The summed E-state index contributed by atoms with van der Waals surface area (Å²) in [6, 6.07) is 0. The van der Waals surface area contributed by atoms with Crippen LogP contribution in [0.4, 0.5) is 5.13 Å². The number of hydrogen-bond donors (Lipinski definition) is 1. The normalized spacial score (nSPS) is 10.9. The zero-order chi connectivity index (χ0) is 13.4. The molecule has 0 aliphatic carbocycles. The molecule has 1 aromatic heterocycles. The van der Waals surface area contributed by atoms with Gasteiger partial charge in [0, 0.05) is 25.0 Å². The van der Waals surface area contributed by atoms with Gasteiger partial charge in [-0.2, -0.15) is 0 Å². The van der Waals surface area contributed by atoms with Crippen molar-refractivity contribution in [2.24, 2.45) is 0 Å². The summed E-state index contributed by atoms with van der Waals surface area (Å²) in [6.07, 6.45) is 4.87. The summed E-state index contributed by atoms with van der Waals surface area (Å²) < 4.78 is 0. The maximum atomic E-state index is 4.76. The summed E-state index contributed by atoms with van der Waals surface area (Å²) in [5, 5.41) is 4.57. The number of aryl methyl sites for hydroxylation is 1. The Morgan fingerprint density at radius 2 is 2.00 bits per heavy atom. The Balaban J connectivity index is 2.61. The highest BCUT2D eigenvalue weighted by molar-refractivity contribution is 7.15. The number of thiazole rings is 1. The number of unbranched alkanes of at least 4 members (excludes halogenated alkanes) is 2. The first-order chi connectivity index (χ1) is 8.72. The molecule has 0 aromatic carbocycles. The van der Waals surface area contributed by atoms with Crippen LogP contribution in [0.25, 0.3) is 0 Å². The van der Waals surface area contributed by atoms with Gasteiger partial charge in [0.2, 0.25) is 0 Å². The van der Waals surface area contributed by atoms with E-state index >= 15 is 0 Å². The van der Waals surface area contributed by atoms with Gasteiger partial charge < -0.3 is 10.2 Å². The Hall–Kier alpha value is -0.610. The van der Waals surface area contributed by atoms with Crippen LogP contribution >= 0.6 is 11.3 Å². The van der Waals surface area contributed by atoms with Crippen molar-refractivity contribution in [1.82, 2.24) is 10.3 Å². The molecule has 0 saturated heterocycles. The fourth-order valence-electron chi connectivity index (χ4n) is 1.88. The molecule has 0 spiro atoms. The van der Waals surface area contributed by atoms with E-state index in [-0.39, 0.29) is 0 Å². The zero-order valence-corrected chi connectivity index (χ0v) is 13.1. The van der Waals surface area contributed by atoms with Crippen molar-refractivity contribution in [2.75, 3.05) is 25.0 Å². The molecule has 0 aliphatic rings. The molecule has 1 rings (SSSR count). The monoisotopic (exact) mass is 269 g/mol. The second-order valence-electron chi connectivity index (χ2n) is 4.63. The first kappa shape index (κ1) is 15.4. The van der Waals surface area contributed by atoms with Crippen molar-refractivity contribution in [1.29, 1.82) is 0 Å². The van der Waals surface area contributed by atoms with Gasteiger partial charge >= 0.3 is 0 Å². The smallest absolute Gasteiger partial charge is 0.185 e. The molecule has 1 N–H and O–H groups in total. The molecular formula is C14H27N3S. The Bertz CT molecular complexity index is 336. The van der Waals surface area contributed by atoms with Gasteiger partial charge in [-0.05, 0) is 19.4 Å². The summed E-state index contributed by atoms with van der Waals surface area (Å²) >= 11 is 1.84. The van der Waals surface area contributed by atoms with Crippen LogP contribution in [-0.4, -0.2) is 25.1 Å². The van der Waals surface area contributed by atoms with Gasteiger partial charge in [-0.15, -0.1) is 11.3 Å². The number of nitrogens with zero attached hydrogens (tertiary/aromatic N) is 2. The Labute approximate surface area is 116 Å². The maximum Gasteiger partial charge on any atom is 0.185 e. The lowest BCUT2D eigenvalue weighted by molar-refractivity contribution is 0.703. The fourth-order valence-corrected chi connectivity index (χ4v) is 2.99. The molecule has 104 valence electrons.